The molecule has 6 heteroatoms. The maximum atomic E-state index is 13.4. The van der Waals surface area contributed by atoms with Gasteiger partial charge in [0.05, 0.1) is 14.2 Å². The third kappa shape index (κ3) is 4.11. The van der Waals surface area contributed by atoms with E-state index in [4.69, 9.17) is 9.47 Å². The molecule has 0 spiro atoms. The van der Waals surface area contributed by atoms with Gasteiger partial charge in [0, 0.05) is 31.6 Å². The van der Waals surface area contributed by atoms with Crippen LogP contribution in [-0.2, 0) is 16.9 Å². The van der Waals surface area contributed by atoms with Crippen molar-refractivity contribution in [1.29, 1.82) is 0 Å². The van der Waals surface area contributed by atoms with Gasteiger partial charge in [0.2, 0.25) is 0 Å². The van der Waals surface area contributed by atoms with Crippen LogP contribution in [0.4, 0.5) is 0 Å². The van der Waals surface area contributed by atoms with Gasteiger partial charge in [-0.3, -0.25) is 9.69 Å². The van der Waals surface area contributed by atoms with Crippen LogP contribution in [-0.4, -0.2) is 49.3 Å². The van der Waals surface area contributed by atoms with Gasteiger partial charge >= 0.3 is 0 Å². The Morgan fingerprint density at radius 2 is 1.70 bits per heavy atom. The second kappa shape index (κ2) is 8.99. The predicted molar refractivity (Wildman–Crippen MR) is 126 cm³/mol. The molecule has 1 aliphatic heterocycles. The molecular formula is C27H34N2O4. The van der Waals surface area contributed by atoms with E-state index in [9.17, 15) is 9.90 Å². The largest absolute Gasteiger partial charge is 0.493 e. The highest BCUT2D eigenvalue weighted by Gasteiger charge is 2.58. The first kappa shape index (κ1) is 22.2. The number of rotatable bonds is 8. The zero-order valence-electron chi connectivity index (χ0n) is 19.5. The lowest BCUT2D eigenvalue weighted by Crippen LogP contribution is -2.50. The standard InChI is InChI=1S/C27H34N2O4/c1-32-23-13-12-18(14-24(23)33-2)15-29-16-21-22(17-29)25(21)28-26(30)27(31,20-10-6-7-11-20)19-8-4-3-5-9-19/h3-5,8-9,12-14,20-22,25,31H,6-7,10-11,15-17H2,1-2H3,(H,28,30)/t21-,22?,25?,27?/m0/s1. The van der Waals surface area contributed by atoms with Crippen molar-refractivity contribution in [2.45, 2.75) is 43.9 Å². The van der Waals surface area contributed by atoms with Crippen LogP contribution < -0.4 is 14.8 Å². The third-order valence-corrected chi connectivity index (χ3v) is 7.93. The van der Waals surface area contributed by atoms with Gasteiger partial charge in [-0.15, -0.1) is 0 Å². The monoisotopic (exact) mass is 450 g/mol. The molecule has 1 saturated heterocycles. The SMILES string of the molecule is COc1ccc(CN2CC3C(NC(=O)C(O)(c4ccccc4)C4CCCC4)[C@H]3C2)cc1OC. The minimum absolute atomic E-state index is 0.0139. The van der Waals surface area contributed by atoms with Gasteiger partial charge < -0.3 is 19.9 Å². The van der Waals surface area contributed by atoms with Gasteiger partial charge in [-0.25, -0.2) is 0 Å². The number of fused-ring (bicyclic) bond motifs is 1. The number of amides is 1. The number of nitrogens with one attached hydrogen (secondary N) is 1. The van der Waals surface area contributed by atoms with E-state index in [1.807, 2.05) is 42.5 Å². The van der Waals surface area contributed by atoms with E-state index in [0.29, 0.717) is 11.8 Å². The van der Waals surface area contributed by atoms with Crippen molar-refractivity contribution >= 4 is 5.91 Å². The molecule has 0 aromatic heterocycles. The Morgan fingerprint density at radius 3 is 2.33 bits per heavy atom. The highest BCUT2D eigenvalue weighted by atomic mass is 16.5. The molecule has 3 fully saturated rings. The summed E-state index contributed by atoms with van der Waals surface area (Å²) in [7, 11) is 3.30. The fourth-order valence-electron chi connectivity index (χ4n) is 6.04. The number of piperidine rings is 1. The van der Waals surface area contributed by atoms with E-state index in [0.717, 1.165) is 62.4 Å². The van der Waals surface area contributed by atoms with Crippen molar-refractivity contribution < 1.29 is 19.4 Å². The van der Waals surface area contributed by atoms with Crippen LogP contribution in [0.5, 0.6) is 11.5 Å². The molecule has 0 radical (unpaired) electrons. The average molecular weight is 451 g/mol. The van der Waals surface area contributed by atoms with Gasteiger partial charge in [0.15, 0.2) is 17.1 Å². The fraction of sp³-hybridized carbons (Fsp3) is 0.519. The molecule has 3 aliphatic rings. The summed E-state index contributed by atoms with van der Waals surface area (Å²) in [5.74, 6) is 2.17. The molecule has 6 nitrogen and oxygen atoms in total. The quantitative estimate of drug-likeness (QED) is 0.646. The molecule has 2 aliphatic carbocycles. The zero-order valence-corrected chi connectivity index (χ0v) is 19.5. The van der Waals surface area contributed by atoms with Gasteiger partial charge in [-0.2, -0.15) is 0 Å². The van der Waals surface area contributed by atoms with Crippen LogP contribution in [0.3, 0.4) is 0 Å². The second-order valence-corrected chi connectivity index (χ2v) is 9.82. The van der Waals surface area contributed by atoms with Crippen molar-refractivity contribution in [2.75, 3.05) is 27.3 Å². The number of nitrogens with zero attached hydrogens (tertiary/aromatic N) is 1. The average Bonchev–Trinajstić information content (AvgIpc) is 3.26. The minimum atomic E-state index is -1.44. The summed E-state index contributed by atoms with van der Waals surface area (Å²) < 4.78 is 10.8. The molecule has 1 amide bonds. The van der Waals surface area contributed by atoms with Crippen LogP contribution in [0.2, 0.25) is 0 Å². The molecule has 5 rings (SSSR count). The maximum Gasteiger partial charge on any atom is 0.257 e. The second-order valence-electron chi connectivity index (χ2n) is 9.82. The molecule has 1 heterocycles. The molecule has 176 valence electrons. The Bertz CT molecular complexity index is 979. The van der Waals surface area contributed by atoms with E-state index < -0.39 is 5.60 Å². The van der Waals surface area contributed by atoms with Crippen molar-refractivity contribution in [1.82, 2.24) is 10.2 Å². The first-order valence-electron chi connectivity index (χ1n) is 12.1. The maximum absolute atomic E-state index is 13.4. The van der Waals surface area contributed by atoms with Crippen LogP contribution in [0.25, 0.3) is 0 Å². The van der Waals surface area contributed by atoms with Crippen molar-refractivity contribution in [3.8, 4) is 11.5 Å². The lowest BCUT2D eigenvalue weighted by molar-refractivity contribution is -0.147. The highest BCUT2D eigenvalue weighted by Crippen LogP contribution is 2.47. The lowest BCUT2D eigenvalue weighted by Gasteiger charge is -2.33. The Morgan fingerprint density at radius 1 is 1.03 bits per heavy atom. The van der Waals surface area contributed by atoms with Gasteiger partial charge in [0.25, 0.3) is 5.91 Å². The summed E-state index contributed by atoms with van der Waals surface area (Å²) in [6.07, 6.45) is 3.95. The normalized spacial score (nSPS) is 26.5. The van der Waals surface area contributed by atoms with Crippen LogP contribution >= 0.6 is 0 Å². The molecule has 2 aromatic carbocycles. The fourth-order valence-corrected chi connectivity index (χ4v) is 6.04. The Hall–Kier alpha value is -2.57. The molecule has 2 N–H and O–H groups in total. The van der Waals surface area contributed by atoms with E-state index >= 15 is 0 Å². The number of carbonyl (C=O) groups is 1. The Kier molecular flexibility index (Phi) is 6.06. The van der Waals surface area contributed by atoms with Crippen LogP contribution in [0, 0.1) is 17.8 Å². The highest BCUT2D eigenvalue weighted by molar-refractivity contribution is 5.87. The van der Waals surface area contributed by atoms with Gasteiger partial charge in [0.1, 0.15) is 0 Å². The molecule has 2 saturated carbocycles. The number of hydrogen-bond acceptors (Lipinski definition) is 5. The third-order valence-electron chi connectivity index (χ3n) is 7.93. The molecule has 3 unspecified atom stereocenters. The van der Waals surface area contributed by atoms with E-state index in [2.05, 4.69) is 16.3 Å². The summed E-state index contributed by atoms with van der Waals surface area (Å²) in [6.45, 7) is 2.76. The van der Waals surface area contributed by atoms with E-state index in [-0.39, 0.29) is 17.9 Å². The molecular weight excluding hydrogens is 416 g/mol. The number of methoxy groups -OCH3 is 2. The topological polar surface area (TPSA) is 71.0 Å². The molecule has 0 bridgehead atoms. The lowest BCUT2D eigenvalue weighted by atomic mass is 9.79. The van der Waals surface area contributed by atoms with Crippen molar-refractivity contribution in [3.63, 3.8) is 0 Å². The van der Waals surface area contributed by atoms with Gasteiger partial charge in [-0.05, 0) is 47.9 Å². The summed E-state index contributed by atoms with van der Waals surface area (Å²) in [6, 6.07) is 15.7. The number of benzene rings is 2. The molecule has 33 heavy (non-hydrogen) atoms. The Labute approximate surface area is 195 Å². The van der Waals surface area contributed by atoms with Gasteiger partial charge in [-0.1, -0.05) is 49.2 Å². The van der Waals surface area contributed by atoms with Crippen molar-refractivity contribution in [2.24, 2.45) is 17.8 Å². The predicted octanol–water partition coefficient (Wildman–Crippen LogP) is 3.33. The first-order valence-corrected chi connectivity index (χ1v) is 12.1. The van der Waals surface area contributed by atoms with Crippen molar-refractivity contribution in [3.05, 3.63) is 59.7 Å². The van der Waals surface area contributed by atoms with Crippen LogP contribution in [0.1, 0.15) is 36.8 Å². The molecule has 4 atom stereocenters. The summed E-state index contributed by atoms with van der Waals surface area (Å²) in [4.78, 5) is 15.9. The first-order chi connectivity index (χ1) is 16.0. The zero-order chi connectivity index (χ0) is 23.0. The summed E-state index contributed by atoms with van der Waals surface area (Å²) in [5, 5.41) is 14.9. The summed E-state index contributed by atoms with van der Waals surface area (Å²) in [5.41, 5.74) is 0.470. The molecule has 2 aromatic rings. The number of hydrogen-bond donors (Lipinski definition) is 2. The summed E-state index contributed by atoms with van der Waals surface area (Å²) >= 11 is 0. The van der Waals surface area contributed by atoms with E-state index in [1.165, 1.54) is 5.56 Å². The number of ether oxygens (including phenoxy) is 2. The van der Waals surface area contributed by atoms with E-state index in [1.54, 1.807) is 14.2 Å². The minimum Gasteiger partial charge on any atom is -0.493 e. The van der Waals surface area contributed by atoms with Crippen LogP contribution in [0.15, 0.2) is 48.5 Å². The number of likely N-dealkylation sites (tertiary alicyclic amines) is 1. The number of aliphatic hydroxyl groups is 1. The number of carbonyl (C=O) groups excluding carboxylic acids is 1. The Balaban J connectivity index is 1.21. The smallest absolute Gasteiger partial charge is 0.257 e.